The maximum Gasteiger partial charge on any atom is 0.257 e. The van der Waals surface area contributed by atoms with E-state index < -0.39 is 0 Å². The Hall–Kier alpha value is -2.57. The van der Waals surface area contributed by atoms with Gasteiger partial charge in [-0.05, 0) is 42.2 Å². The van der Waals surface area contributed by atoms with Crippen LogP contribution in [0.1, 0.15) is 17.3 Å². The van der Waals surface area contributed by atoms with E-state index in [4.69, 9.17) is 4.42 Å². The molecule has 0 saturated carbocycles. The summed E-state index contributed by atoms with van der Waals surface area (Å²) in [5.74, 6) is 1.54. The molecule has 1 N–H and O–H groups in total. The third kappa shape index (κ3) is 3.52. The quantitative estimate of drug-likeness (QED) is 0.437. The van der Waals surface area contributed by atoms with Crippen LogP contribution in [0.3, 0.4) is 0 Å². The van der Waals surface area contributed by atoms with E-state index in [0.29, 0.717) is 16.5 Å². The molecule has 0 aliphatic rings. The molecule has 0 saturated heterocycles. The largest absolute Gasteiger partial charge is 0.454 e. The number of fused-ring (bicyclic) bond motifs is 1. The zero-order valence-corrected chi connectivity index (χ0v) is 15.7. The molecule has 4 rings (SSSR count). The van der Waals surface area contributed by atoms with Crippen molar-refractivity contribution in [1.82, 2.24) is 4.98 Å². The average Bonchev–Trinajstić information content (AvgIpc) is 3.29. The first-order valence-electron chi connectivity index (χ1n) is 8.21. The number of amides is 1. The molecule has 130 valence electrons. The lowest BCUT2D eigenvalue weighted by molar-refractivity contribution is 0.102. The first-order chi connectivity index (χ1) is 12.7. The molecule has 0 aliphatic heterocycles. The Kier molecular flexibility index (Phi) is 4.77. The highest BCUT2D eigenvalue weighted by Crippen LogP contribution is 2.30. The average molecular weight is 380 g/mol. The summed E-state index contributed by atoms with van der Waals surface area (Å²) in [5.41, 5.74) is 2.16. The van der Waals surface area contributed by atoms with Crippen LogP contribution in [0.4, 0.5) is 5.13 Å². The highest BCUT2D eigenvalue weighted by molar-refractivity contribution is 7.99. The maximum absolute atomic E-state index is 12.4. The first kappa shape index (κ1) is 16.9. The van der Waals surface area contributed by atoms with Gasteiger partial charge in [-0.25, -0.2) is 4.98 Å². The summed E-state index contributed by atoms with van der Waals surface area (Å²) >= 11 is 3.13. The summed E-state index contributed by atoms with van der Waals surface area (Å²) in [4.78, 5) is 18.0. The second-order valence-electron chi connectivity index (χ2n) is 5.60. The molecule has 2 aromatic heterocycles. The van der Waals surface area contributed by atoms with Crippen LogP contribution >= 0.6 is 23.1 Å². The minimum atomic E-state index is -0.163. The lowest BCUT2D eigenvalue weighted by Crippen LogP contribution is -2.11. The van der Waals surface area contributed by atoms with E-state index in [1.165, 1.54) is 11.3 Å². The van der Waals surface area contributed by atoms with Crippen molar-refractivity contribution >= 4 is 45.1 Å². The van der Waals surface area contributed by atoms with Gasteiger partial charge in [0.05, 0.1) is 0 Å². The maximum atomic E-state index is 12.4. The second-order valence-corrected chi connectivity index (χ2v) is 7.79. The summed E-state index contributed by atoms with van der Waals surface area (Å²) in [7, 11) is 0. The fraction of sp³-hybridized carbons (Fsp3) is 0.100. The molecular formula is C20H16N2O2S2. The number of hydrogen-bond donors (Lipinski definition) is 1. The number of para-hydroxylation sites is 1. The number of hydrogen-bond acceptors (Lipinski definition) is 5. The van der Waals surface area contributed by atoms with Crippen molar-refractivity contribution in [2.75, 3.05) is 11.1 Å². The summed E-state index contributed by atoms with van der Waals surface area (Å²) in [6.07, 6.45) is 0. The third-order valence-electron chi connectivity index (χ3n) is 3.83. The monoisotopic (exact) mass is 380 g/mol. The second kappa shape index (κ2) is 7.35. The van der Waals surface area contributed by atoms with Gasteiger partial charge in [-0.2, -0.15) is 0 Å². The summed E-state index contributed by atoms with van der Waals surface area (Å²) in [6, 6.07) is 17.4. The van der Waals surface area contributed by atoms with Crippen molar-refractivity contribution in [3.8, 4) is 11.5 Å². The normalized spacial score (nSPS) is 11.0. The first-order valence-corrected chi connectivity index (χ1v) is 10.1. The Bertz CT molecular complexity index is 1020. The van der Waals surface area contributed by atoms with Gasteiger partial charge in [-0.1, -0.05) is 25.1 Å². The summed E-state index contributed by atoms with van der Waals surface area (Å²) < 4.78 is 5.82. The Labute approximate surface area is 159 Å². The number of carbonyl (C=O) groups is 1. The van der Waals surface area contributed by atoms with Crippen molar-refractivity contribution < 1.29 is 9.21 Å². The lowest BCUT2D eigenvalue weighted by Gasteiger charge is -2.03. The molecular weight excluding hydrogens is 364 g/mol. The zero-order chi connectivity index (χ0) is 17.9. The van der Waals surface area contributed by atoms with Gasteiger partial charge in [0.1, 0.15) is 11.3 Å². The molecule has 1 amide bonds. The molecule has 0 radical (unpaired) electrons. The van der Waals surface area contributed by atoms with Crippen LogP contribution in [0.15, 0.2) is 69.3 Å². The Morgan fingerprint density at radius 3 is 2.77 bits per heavy atom. The minimum Gasteiger partial charge on any atom is -0.454 e. The van der Waals surface area contributed by atoms with E-state index in [-0.39, 0.29) is 5.91 Å². The summed E-state index contributed by atoms with van der Waals surface area (Å²) in [5, 5.41) is 6.32. The van der Waals surface area contributed by atoms with Crippen molar-refractivity contribution in [2.45, 2.75) is 11.8 Å². The molecule has 2 heterocycles. The Morgan fingerprint density at radius 2 is 2.00 bits per heavy atom. The molecule has 0 unspecified atom stereocenters. The summed E-state index contributed by atoms with van der Waals surface area (Å²) in [6.45, 7) is 2.10. The molecule has 6 heteroatoms. The third-order valence-corrected chi connectivity index (χ3v) is 5.48. The van der Waals surface area contributed by atoms with E-state index in [9.17, 15) is 4.79 Å². The number of thiazole rings is 1. The van der Waals surface area contributed by atoms with Gasteiger partial charge in [0.25, 0.3) is 5.91 Å². The molecule has 26 heavy (non-hydrogen) atoms. The molecule has 2 aromatic carbocycles. The van der Waals surface area contributed by atoms with Gasteiger partial charge in [-0.3, -0.25) is 10.1 Å². The predicted octanol–water partition coefficient (Wildman–Crippen LogP) is 5.92. The van der Waals surface area contributed by atoms with Crippen molar-refractivity contribution in [1.29, 1.82) is 0 Å². The number of anilines is 1. The molecule has 0 bridgehead atoms. The Balaban J connectivity index is 1.50. The van der Waals surface area contributed by atoms with Crippen LogP contribution in [0.5, 0.6) is 0 Å². The van der Waals surface area contributed by atoms with Gasteiger partial charge < -0.3 is 4.42 Å². The minimum absolute atomic E-state index is 0.163. The smallest absolute Gasteiger partial charge is 0.257 e. The van der Waals surface area contributed by atoms with Crippen LogP contribution < -0.4 is 5.32 Å². The number of benzene rings is 2. The lowest BCUT2D eigenvalue weighted by atomic mass is 10.2. The predicted molar refractivity (Wildman–Crippen MR) is 108 cm³/mol. The van der Waals surface area contributed by atoms with Gasteiger partial charge in [0.2, 0.25) is 0 Å². The number of furan rings is 1. The number of aromatic nitrogens is 1. The SMILES string of the molecule is CCSc1ccc(C(=O)Nc2nc(-c3cc4ccccc4o3)cs2)cc1. The number of rotatable bonds is 5. The number of nitrogens with one attached hydrogen (secondary N) is 1. The Morgan fingerprint density at radius 1 is 1.19 bits per heavy atom. The van der Waals surface area contributed by atoms with Crippen molar-refractivity contribution in [2.24, 2.45) is 0 Å². The highest BCUT2D eigenvalue weighted by Gasteiger charge is 2.13. The van der Waals surface area contributed by atoms with Crippen molar-refractivity contribution in [3.05, 3.63) is 65.5 Å². The van der Waals surface area contributed by atoms with E-state index in [0.717, 1.165) is 27.3 Å². The molecule has 0 fully saturated rings. The van der Waals surface area contributed by atoms with Gasteiger partial charge in [0, 0.05) is 21.2 Å². The van der Waals surface area contributed by atoms with E-state index >= 15 is 0 Å². The van der Waals surface area contributed by atoms with E-state index in [1.807, 2.05) is 60.0 Å². The van der Waals surface area contributed by atoms with Crippen LogP contribution in [-0.2, 0) is 0 Å². The standard InChI is InChI=1S/C20H16N2O2S2/c1-2-25-15-9-7-13(8-10-15)19(23)22-20-21-16(12-26-20)18-11-14-5-3-4-6-17(14)24-18/h3-12H,2H2,1H3,(H,21,22,23). The van der Waals surface area contributed by atoms with Gasteiger partial charge in [-0.15, -0.1) is 23.1 Å². The van der Waals surface area contributed by atoms with Gasteiger partial charge >= 0.3 is 0 Å². The zero-order valence-electron chi connectivity index (χ0n) is 14.1. The van der Waals surface area contributed by atoms with Crippen molar-refractivity contribution in [3.63, 3.8) is 0 Å². The fourth-order valence-corrected chi connectivity index (χ4v) is 3.95. The van der Waals surface area contributed by atoms with Crippen LogP contribution in [0, 0.1) is 0 Å². The molecule has 0 atom stereocenters. The highest BCUT2D eigenvalue weighted by atomic mass is 32.2. The molecule has 4 aromatic rings. The number of carbonyl (C=O) groups excluding carboxylic acids is 1. The van der Waals surface area contributed by atoms with Crippen LogP contribution in [0.25, 0.3) is 22.4 Å². The van der Waals surface area contributed by atoms with Crippen LogP contribution in [0.2, 0.25) is 0 Å². The van der Waals surface area contributed by atoms with E-state index in [2.05, 4.69) is 17.2 Å². The molecule has 0 aliphatic carbocycles. The molecule has 0 spiro atoms. The van der Waals surface area contributed by atoms with E-state index in [1.54, 1.807) is 11.8 Å². The topological polar surface area (TPSA) is 55.1 Å². The van der Waals surface area contributed by atoms with Gasteiger partial charge in [0.15, 0.2) is 10.9 Å². The molecule has 4 nitrogen and oxygen atoms in total. The fourth-order valence-electron chi connectivity index (χ4n) is 2.59. The number of thioether (sulfide) groups is 1. The number of nitrogens with zero attached hydrogens (tertiary/aromatic N) is 1. The van der Waals surface area contributed by atoms with Crippen LogP contribution in [-0.4, -0.2) is 16.6 Å².